The summed E-state index contributed by atoms with van der Waals surface area (Å²) >= 11 is 11.9. The van der Waals surface area contributed by atoms with Gasteiger partial charge in [-0.1, -0.05) is 11.6 Å². The van der Waals surface area contributed by atoms with E-state index < -0.39 is 0 Å². The Morgan fingerprint density at radius 2 is 2.12 bits per heavy atom. The van der Waals surface area contributed by atoms with Crippen molar-refractivity contribution in [3.63, 3.8) is 0 Å². The van der Waals surface area contributed by atoms with Crippen molar-refractivity contribution in [2.45, 2.75) is 6.92 Å². The van der Waals surface area contributed by atoms with Crippen LogP contribution in [0, 0.1) is 10.5 Å². The summed E-state index contributed by atoms with van der Waals surface area (Å²) in [6.45, 7) is 2.00. The SMILES string of the molecule is Cc1cnc(Nc2ccc(I)cc2Cl)c(Br)c1. The number of aromatic nitrogens is 1. The summed E-state index contributed by atoms with van der Waals surface area (Å²) < 4.78 is 2.03. The lowest BCUT2D eigenvalue weighted by Gasteiger charge is -2.09. The second-order valence-corrected chi connectivity index (χ2v) is 6.10. The van der Waals surface area contributed by atoms with E-state index in [-0.39, 0.29) is 0 Å². The zero-order valence-electron chi connectivity index (χ0n) is 8.97. The molecule has 0 spiro atoms. The van der Waals surface area contributed by atoms with Crippen molar-refractivity contribution in [2.24, 2.45) is 0 Å². The van der Waals surface area contributed by atoms with Crippen molar-refractivity contribution in [3.8, 4) is 0 Å². The summed E-state index contributed by atoms with van der Waals surface area (Å²) in [6, 6.07) is 7.86. The molecule has 2 aromatic rings. The van der Waals surface area contributed by atoms with E-state index in [9.17, 15) is 0 Å². The maximum absolute atomic E-state index is 6.15. The van der Waals surface area contributed by atoms with Crippen LogP contribution >= 0.6 is 50.1 Å². The third-order valence-corrected chi connectivity index (χ3v) is 3.75. The number of hydrogen-bond acceptors (Lipinski definition) is 2. The quantitative estimate of drug-likeness (QED) is 0.676. The highest BCUT2D eigenvalue weighted by Gasteiger charge is 2.05. The maximum Gasteiger partial charge on any atom is 0.144 e. The normalized spacial score (nSPS) is 10.4. The predicted octanol–water partition coefficient (Wildman–Crippen LogP) is 5.15. The molecule has 88 valence electrons. The van der Waals surface area contributed by atoms with E-state index in [1.165, 1.54) is 0 Å². The number of halogens is 3. The van der Waals surface area contributed by atoms with Crippen LogP contribution in [0.2, 0.25) is 5.02 Å². The molecule has 0 bridgehead atoms. The van der Waals surface area contributed by atoms with Gasteiger partial charge >= 0.3 is 0 Å². The van der Waals surface area contributed by atoms with Gasteiger partial charge in [0.2, 0.25) is 0 Å². The topological polar surface area (TPSA) is 24.9 Å². The van der Waals surface area contributed by atoms with Crippen LogP contribution < -0.4 is 5.32 Å². The van der Waals surface area contributed by atoms with E-state index in [2.05, 4.69) is 48.8 Å². The second-order valence-electron chi connectivity index (χ2n) is 3.59. The molecule has 0 atom stereocenters. The fourth-order valence-electron chi connectivity index (χ4n) is 1.34. The molecule has 1 heterocycles. The minimum atomic E-state index is 0.686. The third kappa shape index (κ3) is 3.33. The van der Waals surface area contributed by atoms with Gasteiger partial charge in [-0.15, -0.1) is 0 Å². The fourth-order valence-corrected chi connectivity index (χ4v) is 2.81. The molecular weight excluding hydrogens is 414 g/mol. The molecule has 5 heteroatoms. The Morgan fingerprint density at radius 3 is 2.76 bits per heavy atom. The molecule has 0 aliphatic heterocycles. The van der Waals surface area contributed by atoms with Crippen LogP contribution in [-0.4, -0.2) is 4.98 Å². The highest BCUT2D eigenvalue weighted by Crippen LogP contribution is 2.29. The summed E-state index contributed by atoms with van der Waals surface area (Å²) in [4.78, 5) is 4.32. The number of benzene rings is 1. The third-order valence-electron chi connectivity index (χ3n) is 2.16. The lowest BCUT2D eigenvalue weighted by atomic mass is 10.3. The molecule has 2 nitrogen and oxygen atoms in total. The van der Waals surface area contributed by atoms with Crippen molar-refractivity contribution in [1.29, 1.82) is 0 Å². The highest BCUT2D eigenvalue weighted by atomic mass is 127. The van der Waals surface area contributed by atoms with E-state index in [1.54, 1.807) is 0 Å². The smallest absolute Gasteiger partial charge is 0.144 e. The van der Waals surface area contributed by atoms with Crippen LogP contribution in [-0.2, 0) is 0 Å². The number of nitrogens with one attached hydrogen (secondary N) is 1. The highest BCUT2D eigenvalue weighted by molar-refractivity contribution is 14.1. The lowest BCUT2D eigenvalue weighted by Crippen LogP contribution is -1.96. The molecule has 1 aromatic carbocycles. The first-order valence-electron chi connectivity index (χ1n) is 4.90. The van der Waals surface area contributed by atoms with Crippen molar-refractivity contribution in [2.75, 3.05) is 5.32 Å². The van der Waals surface area contributed by atoms with Gasteiger partial charge in [0.05, 0.1) is 15.2 Å². The lowest BCUT2D eigenvalue weighted by molar-refractivity contribution is 1.24. The number of aryl methyl sites for hydroxylation is 1. The van der Waals surface area contributed by atoms with Gasteiger partial charge in [-0.3, -0.25) is 0 Å². The Bertz CT molecular complexity index is 511. The van der Waals surface area contributed by atoms with Crippen LogP contribution in [0.15, 0.2) is 34.9 Å². The molecule has 0 unspecified atom stereocenters. The Hall–Kier alpha value is -0.330. The number of pyridine rings is 1. The van der Waals surface area contributed by atoms with Gasteiger partial charge in [0, 0.05) is 9.77 Å². The molecule has 0 saturated carbocycles. The number of rotatable bonds is 2. The van der Waals surface area contributed by atoms with Crippen LogP contribution in [0.4, 0.5) is 11.5 Å². The van der Waals surface area contributed by atoms with E-state index in [0.717, 1.165) is 25.1 Å². The van der Waals surface area contributed by atoms with Gasteiger partial charge in [-0.2, -0.15) is 0 Å². The second kappa shape index (κ2) is 5.54. The van der Waals surface area contributed by atoms with Crippen LogP contribution in [0.3, 0.4) is 0 Å². The van der Waals surface area contributed by atoms with Gasteiger partial charge in [0.1, 0.15) is 5.82 Å². The zero-order valence-corrected chi connectivity index (χ0v) is 13.5. The van der Waals surface area contributed by atoms with Gasteiger partial charge in [-0.25, -0.2) is 4.98 Å². The molecule has 1 aromatic heterocycles. The van der Waals surface area contributed by atoms with Crippen molar-refractivity contribution < 1.29 is 0 Å². The zero-order chi connectivity index (χ0) is 12.4. The minimum Gasteiger partial charge on any atom is -0.338 e. The molecule has 0 radical (unpaired) electrons. The van der Waals surface area contributed by atoms with Crippen LogP contribution in [0.1, 0.15) is 5.56 Å². The molecule has 0 aliphatic carbocycles. The van der Waals surface area contributed by atoms with Crippen LogP contribution in [0.25, 0.3) is 0 Å². The standard InChI is InChI=1S/C12H9BrClIN2/c1-7-4-9(13)12(16-6-7)17-11-3-2-8(15)5-10(11)14/h2-6H,1H3,(H,16,17). The van der Waals surface area contributed by atoms with E-state index in [1.807, 2.05) is 37.4 Å². The van der Waals surface area contributed by atoms with Gasteiger partial charge in [-0.05, 0) is 75.3 Å². The number of hydrogen-bond donors (Lipinski definition) is 1. The monoisotopic (exact) mass is 422 g/mol. The van der Waals surface area contributed by atoms with E-state index in [0.29, 0.717) is 5.02 Å². The Labute approximate surface area is 127 Å². The van der Waals surface area contributed by atoms with E-state index in [4.69, 9.17) is 11.6 Å². The summed E-state index contributed by atoms with van der Waals surface area (Å²) in [5.74, 6) is 0.763. The summed E-state index contributed by atoms with van der Waals surface area (Å²) in [5, 5.41) is 3.89. The molecule has 0 amide bonds. The first-order valence-corrected chi connectivity index (χ1v) is 7.15. The summed E-state index contributed by atoms with van der Waals surface area (Å²) in [7, 11) is 0. The van der Waals surface area contributed by atoms with Crippen molar-refractivity contribution in [3.05, 3.63) is 49.1 Å². The molecule has 0 fully saturated rings. The molecule has 2 rings (SSSR count). The Balaban J connectivity index is 2.31. The largest absolute Gasteiger partial charge is 0.338 e. The molecule has 0 aliphatic rings. The predicted molar refractivity (Wildman–Crippen MR) is 84.1 cm³/mol. The molecule has 17 heavy (non-hydrogen) atoms. The molecule has 0 saturated heterocycles. The van der Waals surface area contributed by atoms with Gasteiger partial charge in [0.25, 0.3) is 0 Å². The first kappa shape index (κ1) is 13.1. The first-order chi connectivity index (χ1) is 8.06. The minimum absolute atomic E-state index is 0.686. The average molecular weight is 423 g/mol. The average Bonchev–Trinajstić information content (AvgIpc) is 2.25. The number of nitrogens with zero attached hydrogens (tertiary/aromatic N) is 1. The molecule has 1 N–H and O–H groups in total. The van der Waals surface area contributed by atoms with Crippen LogP contribution in [0.5, 0.6) is 0 Å². The summed E-state index contributed by atoms with van der Waals surface area (Å²) in [6.07, 6.45) is 1.81. The Kier molecular flexibility index (Phi) is 4.27. The summed E-state index contributed by atoms with van der Waals surface area (Å²) in [5.41, 5.74) is 1.96. The van der Waals surface area contributed by atoms with Gasteiger partial charge < -0.3 is 5.32 Å². The van der Waals surface area contributed by atoms with E-state index >= 15 is 0 Å². The maximum atomic E-state index is 6.15. The van der Waals surface area contributed by atoms with Crippen molar-refractivity contribution >= 4 is 61.6 Å². The number of anilines is 2. The Morgan fingerprint density at radius 1 is 1.35 bits per heavy atom. The van der Waals surface area contributed by atoms with Gasteiger partial charge in [0.15, 0.2) is 0 Å². The fraction of sp³-hybridized carbons (Fsp3) is 0.0833. The molecular formula is C12H9BrClIN2. The van der Waals surface area contributed by atoms with Crippen molar-refractivity contribution in [1.82, 2.24) is 4.98 Å².